The molecule has 1 amide bonds. The summed E-state index contributed by atoms with van der Waals surface area (Å²) in [6, 6.07) is 9.14. The molecule has 6 nitrogen and oxygen atoms in total. The molecule has 2 N–H and O–H groups in total. The molecule has 0 atom stereocenters. The van der Waals surface area contributed by atoms with E-state index in [9.17, 15) is 4.79 Å². The Kier molecular flexibility index (Phi) is 5.20. The molecule has 0 aliphatic rings. The summed E-state index contributed by atoms with van der Waals surface area (Å²) in [6.07, 6.45) is 6.42. The number of hydrogen-bond acceptors (Lipinski definition) is 5. The Bertz CT molecular complexity index is 868. The number of aryl methyl sites for hydroxylation is 1. The monoisotopic (exact) mass is 353 g/mol. The maximum atomic E-state index is 12.3. The minimum atomic E-state index is -0.335. The van der Waals surface area contributed by atoms with Crippen LogP contribution in [0.3, 0.4) is 0 Å². The summed E-state index contributed by atoms with van der Waals surface area (Å²) in [5, 5.41) is 6.49. The van der Waals surface area contributed by atoms with Crippen LogP contribution in [0.1, 0.15) is 21.6 Å². The summed E-state index contributed by atoms with van der Waals surface area (Å²) in [7, 11) is 0. The fourth-order valence-electron chi connectivity index (χ4n) is 2.15. The number of benzene rings is 1. The highest BCUT2D eigenvalue weighted by molar-refractivity contribution is 6.31. The molecule has 1 aromatic carbocycles. The Morgan fingerprint density at radius 1 is 1.12 bits per heavy atom. The maximum absolute atomic E-state index is 12.3. The second kappa shape index (κ2) is 7.72. The zero-order valence-electron chi connectivity index (χ0n) is 13.5. The Morgan fingerprint density at radius 2 is 1.92 bits per heavy atom. The summed E-state index contributed by atoms with van der Waals surface area (Å²) >= 11 is 5.96. The van der Waals surface area contributed by atoms with Gasteiger partial charge in [-0.1, -0.05) is 17.7 Å². The van der Waals surface area contributed by atoms with Crippen LogP contribution in [0, 0.1) is 6.92 Å². The van der Waals surface area contributed by atoms with Crippen molar-refractivity contribution in [3.8, 4) is 0 Å². The molecular formula is C18H16ClN5O. The Labute approximate surface area is 150 Å². The largest absolute Gasteiger partial charge is 0.365 e. The standard InChI is InChI=1S/C18H16ClN5O/c1-12-2-3-14(19)8-15(12)24-18(25)16-10-23-17(11-21-16)22-9-13-4-6-20-7-5-13/h2-8,10-11H,9H2,1H3,(H,22,23)(H,24,25). The van der Waals surface area contributed by atoms with Gasteiger partial charge in [0.05, 0.1) is 12.4 Å². The quantitative estimate of drug-likeness (QED) is 0.731. The van der Waals surface area contributed by atoms with Gasteiger partial charge in [0, 0.05) is 29.6 Å². The molecule has 0 saturated heterocycles. The van der Waals surface area contributed by atoms with Crippen LogP contribution in [-0.2, 0) is 6.54 Å². The third-order valence-corrected chi connectivity index (χ3v) is 3.79. The van der Waals surface area contributed by atoms with Crippen LogP contribution < -0.4 is 10.6 Å². The molecular weight excluding hydrogens is 338 g/mol. The smallest absolute Gasteiger partial charge is 0.275 e. The van der Waals surface area contributed by atoms with Crippen LogP contribution in [0.25, 0.3) is 0 Å². The SMILES string of the molecule is Cc1ccc(Cl)cc1NC(=O)c1cnc(NCc2ccncc2)cn1. The molecule has 3 aromatic rings. The molecule has 0 aliphatic carbocycles. The van der Waals surface area contributed by atoms with E-state index in [2.05, 4.69) is 25.6 Å². The summed E-state index contributed by atoms with van der Waals surface area (Å²) in [6.45, 7) is 2.49. The number of anilines is 2. The first-order valence-corrected chi connectivity index (χ1v) is 8.02. The number of hydrogen-bond donors (Lipinski definition) is 2. The number of halogens is 1. The summed E-state index contributed by atoms with van der Waals surface area (Å²) in [5.41, 5.74) is 2.88. The predicted octanol–water partition coefficient (Wildman–Crippen LogP) is 3.70. The van der Waals surface area contributed by atoms with Crippen LogP contribution in [0.15, 0.2) is 55.1 Å². The van der Waals surface area contributed by atoms with Crippen molar-refractivity contribution in [1.82, 2.24) is 15.0 Å². The van der Waals surface area contributed by atoms with Crippen molar-refractivity contribution in [3.05, 3.63) is 77.0 Å². The lowest BCUT2D eigenvalue weighted by Crippen LogP contribution is -2.15. The molecule has 0 aliphatic heterocycles. The van der Waals surface area contributed by atoms with Gasteiger partial charge in [-0.05, 0) is 42.3 Å². The number of nitrogens with one attached hydrogen (secondary N) is 2. The molecule has 126 valence electrons. The molecule has 0 spiro atoms. The van der Waals surface area contributed by atoms with Crippen molar-refractivity contribution in [3.63, 3.8) is 0 Å². The minimum absolute atomic E-state index is 0.230. The third-order valence-electron chi connectivity index (χ3n) is 3.56. The Hall–Kier alpha value is -2.99. The second-order valence-corrected chi connectivity index (χ2v) is 5.85. The van der Waals surface area contributed by atoms with Crippen molar-refractivity contribution in [1.29, 1.82) is 0 Å². The van der Waals surface area contributed by atoms with Crippen molar-refractivity contribution in [2.45, 2.75) is 13.5 Å². The highest BCUT2D eigenvalue weighted by Gasteiger charge is 2.10. The van der Waals surface area contributed by atoms with E-state index in [0.717, 1.165) is 11.1 Å². The number of nitrogens with zero attached hydrogens (tertiary/aromatic N) is 3. The van der Waals surface area contributed by atoms with E-state index in [0.29, 0.717) is 23.1 Å². The maximum Gasteiger partial charge on any atom is 0.275 e. The molecule has 0 unspecified atom stereocenters. The van der Waals surface area contributed by atoms with Crippen molar-refractivity contribution in [2.24, 2.45) is 0 Å². The third kappa shape index (κ3) is 4.51. The van der Waals surface area contributed by atoms with E-state index in [-0.39, 0.29) is 11.6 Å². The average Bonchev–Trinajstić information content (AvgIpc) is 2.64. The fraction of sp³-hybridized carbons (Fsp3) is 0.111. The van der Waals surface area contributed by atoms with Crippen molar-refractivity contribution >= 4 is 29.0 Å². The second-order valence-electron chi connectivity index (χ2n) is 5.41. The number of amides is 1. The molecule has 0 saturated carbocycles. The van der Waals surface area contributed by atoms with Crippen molar-refractivity contribution in [2.75, 3.05) is 10.6 Å². The first-order valence-electron chi connectivity index (χ1n) is 7.64. The van der Waals surface area contributed by atoms with Crippen LogP contribution in [-0.4, -0.2) is 20.9 Å². The molecule has 25 heavy (non-hydrogen) atoms. The number of rotatable bonds is 5. The zero-order valence-corrected chi connectivity index (χ0v) is 14.3. The van der Waals surface area contributed by atoms with Crippen LogP contribution >= 0.6 is 11.6 Å². The van der Waals surface area contributed by atoms with Gasteiger partial charge in [-0.25, -0.2) is 9.97 Å². The van der Waals surface area contributed by atoms with Crippen molar-refractivity contribution < 1.29 is 4.79 Å². The fourth-order valence-corrected chi connectivity index (χ4v) is 2.32. The van der Waals surface area contributed by atoms with Gasteiger partial charge in [-0.15, -0.1) is 0 Å². The highest BCUT2D eigenvalue weighted by atomic mass is 35.5. The van der Waals surface area contributed by atoms with Gasteiger partial charge in [0.1, 0.15) is 11.5 Å². The molecule has 3 rings (SSSR count). The normalized spacial score (nSPS) is 10.3. The number of pyridine rings is 1. The molecule has 7 heteroatoms. The number of aromatic nitrogens is 3. The lowest BCUT2D eigenvalue weighted by atomic mass is 10.2. The van der Waals surface area contributed by atoms with Gasteiger partial charge >= 0.3 is 0 Å². The summed E-state index contributed by atoms with van der Waals surface area (Å²) in [4.78, 5) is 24.6. The Morgan fingerprint density at radius 3 is 2.64 bits per heavy atom. The van der Waals surface area contributed by atoms with E-state index >= 15 is 0 Å². The molecule has 0 fully saturated rings. The number of carbonyl (C=O) groups is 1. The molecule has 2 heterocycles. The molecule has 2 aromatic heterocycles. The lowest BCUT2D eigenvalue weighted by Gasteiger charge is -2.09. The van der Waals surface area contributed by atoms with Gasteiger partial charge < -0.3 is 10.6 Å². The summed E-state index contributed by atoms with van der Waals surface area (Å²) < 4.78 is 0. The van der Waals surface area contributed by atoms with E-state index in [1.165, 1.54) is 12.4 Å². The van der Waals surface area contributed by atoms with Crippen LogP contribution in [0.2, 0.25) is 5.02 Å². The van der Waals surface area contributed by atoms with E-state index in [4.69, 9.17) is 11.6 Å². The first-order chi connectivity index (χ1) is 12.1. The minimum Gasteiger partial charge on any atom is -0.365 e. The van der Waals surface area contributed by atoms with Gasteiger partial charge in [-0.3, -0.25) is 9.78 Å². The predicted molar refractivity (Wildman–Crippen MR) is 97.7 cm³/mol. The molecule has 0 bridgehead atoms. The van der Waals surface area contributed by atoms with E-state index in [1.807, 2.05) is 25.1 Å². The lowest BCUT2D eigenvalue weighted by molar-refractivity contribution is 0.102. The first kappa shape index (κ1) is 16.9. The van der Waals surface area contributed by atoms with Gasteiger partial charge in [0.15, 0.2) is 0 Å². The van der Waals surface area contributed by atoms with Gasteiger partial charge in [0.25, 0.3) is 5.91 Å². The topological polar surface area (TPSA) is 79.8 Å². The van der Waals surface area contributed by atoms with Gasteiger partial charge in [0.2, 0.25) is 0 Å². The average molecular weight is 354 g/mol. The Balaban J connectivity index is 1.63. The van der Waals surface area contributed by atoms with Crippen LogP contribution in [0.5, 0.6) is 0 Å². The van der Waals surface area contributed by atoms with Gasteiger partial charge in [-0.2, -0.15) is 0 Å². The van der Waals surface area contributed by atoms with E-state index < -0.39 is 0 Å². The number of carbonyl (C=O) groups excluding carboxylic acids is 1. The summed E-state index contributed by atoms with van der Waals surface area (Å²) in [5.74, 6) is 0.255. The molecule has 0 radical (unpaired) electrons. The van der Waals surface area contributed by atoms with E-state index in [1.54, 1.807) is 24.5 Å². The highest BCUT2D eigenvalue weighted by Crippen LogP contribution is 2.20. The zero-order chi connectivity index (χ0) is 17.6. The van der Waals surface area contributed by atoms with Crippen LogP contribution in [0.4, 0.5) is 11.5 Å².